The molecule has 0 spiro atoms. The maximum Gasteiger partial charge on any atom is 0.220 e. The first-order valence-corrected chi connectivity index (χ1v) is 25.2. The molecule has 6 N–H and O–H groups in total. The summed E-state index contributed by atoms with van der Waals surface area (Å²) in [5.74, 6) is -0.184. The Balaban J connectivity index is 2.05. The van der Waals surface area contributed by atoms with E-state index in [2.05, 4.69) is 79.9 Å². The molecule has 1 saturated heterocycles. The number of aliphatic hydroxyl groups excluding tert-OH is 5. The molecule has 0 radical (unpaired) electrons. The largest absolute Gasteiger partial charge is 0.394 e. The van der Waals surface area contributed by atoms with Crippen LogP contribution in [-0.4, -0.2) is 87.5 Å². The molecule has 0 aromatic rings. The van der Waals surface area contributed by atoms with Gasteiger partial charge < -0.3 is 40.3 Å². The van der Waals surface area contributed by atoms with Gasteiger partial charge in [-0.3, -0.25) is 4.79 Å². The monoisotopic (exact) mass is 872 g/mol. The van der Waals surface area contributed by atoms with Crippen LogP contribution in [0.1, 0.15) is 200 Å². The second-order valence-electron chi connectivity index (χ2n) is 17.2. The topological polar surface area (TPSA) is 149 Å². The highest BCUT2D eigenvalue weighted by atomic mass is 16.7. The van der Waals surface area contributed by atoms with Gasteiger partial charge in [0.05, 0.1) is 25.4 Å². The van der Waals surface area contributed by atoms with E-state index in [0.29, 0.717) is 6.42 Å². The van der Waals surface area contributed by atoms with E-state index >= 15 is 0 Å². The fourth-order valence-corrected chi connectivity index (χ4v) is 7.53. The lowest BCUT2D eigenvalue weighted by atomic mass is 9.99. The van der Waals surface area contributed by atoms with Gasteiger partial charge in [0.1, 0.15) is 24.4 Å². The van der Waals surface area contributed by atoms with Crippen molar-refractivity contribution >= 4 is 5.91 Å². The maximum absolute atomic E-state index is 12.9. The third kappa shape index (κ3) is 32.3. The Kier molecular flexibility index (Phi) is 39.6. The summed E-state index contributed by atoms with van der Waals surface area (Å²) in [5, 5.41) is 53.9. The zero-order valence-corrected chi connectivity index (χ0v) is 39.4. The molecule has 1 aliphatic heterocycles. The van der Waals surface area contributed by atoms with Gasteiger partial charge in [-0.05, 0) is 64.2 Å². The van der Waals surface area contributed by atoms with Crippen molar-refractivity contribution in [2.45, 2.75) is 243 Å². The van der Waals surface area contributed by atoms with Crippen LogP contribution in [0.5, 0.6) is 0 Å². The number of allylic oxidation sites excluding steroid dienone is 11. The van der Waals surface area contributed by atoms with Crippen molar-refractivity contribution < 1.29 is 39.8 Å². The van der Waals surface area contributed by atoms with Gasteiger partial charge in [0, 0.05) is 6.42 Å². The van der Waals surface area contributed by atoms with E-state index in [9.17, 15) is 30.3 Å². The van der Waals surface area contributed by atoms with Gasteiger partial charge in [0.25, 0.3) is 0 Å². The van der Waals surface area contributed by atoms with Crippen LogP contribution in [0.3, 0.4) is 0 Å². The zero-order valence-electron chi connectivity index (χ0n) is 39.4. The highest BCUT2D eigenvalue weighted by molar-refractivity contribution is 5.76. The molecule has 7 atom stereocenters. The normalized spacial score (nSPS) is 20.9. The molecule has 7 unspecified atom stereocenters. The Morgan fingerprint density at radius 3 is 1.48 bits per heavy atom. The van der Waals surface area contributed by atoms with Crippen LogP contribution < -0.4 is 5.32 Å². The second-order valence-corrected chi connectivity index (χ2v) is 17.2. The smallest absolute Gasteiger partial charge is 0.220 e. The minimum Gasteiger partial charge on any atom is -0.394 e. The highest BCUT2D eigenvalue weighted by Gasteiger charge is 2.44. The highest BCUT2D eigenvalue weighted by Crippen LogP contribution is 2.23. The van der Waals surface area contributed by atoms with Gasteiger partial charge in [-0.15, -0.1) is 0 Å². The van der Waals surface area contributed by atoms with Gasteiger partial charge >= 0.3 is 0 Å². The SMILES string of the molecule is CC/C=C\C/C=C\C/C=C\C/C=C\C/C=C\CCCCCCCCCCCCCCCCCCCC(=O)NC(COC1OC(CO)C(O)C(O)C1O)C(O)/C=C/CCCCCC. The third-order valence-electron chi connectivity index (χ3n) is 11.5. The second kappa shape index (κ2) is 42.6. The van der Waals surface area contributed by atoms with Crippen LogP contribution in [-0.2, 0) is 14.3 Å². The zero-order chi connectivity index (χ0) is 45.1. The molecule has 0 aromatic carbocycles. The number of hydrogen-bond donors (Lipinski definition) is 6. The average Bonchev–Trinajstić information content (AvgIpc) is 3.27. The summed E-state index contributed by atoms with van der Waals surface area (Å²) in [6.07, 6.45) is 51.5. The third-order valence-corrected chi connectivity index (χ3v) is 11.5. The van der Waals surface area contributed by atoms with Crippen molar-refractivity contribution in [2.75, 3.05) is 13.2 Å². The molecule has 0 bridgehead atoms. The van der Waals surface area contributed by atoms with Gasteiger partial charge in [0.15, 0.2) is 6.29 Å². The first kappa shape index (κ1) is 57.6. The Morgan fingerprint density at radius 1 is 0.565 bits per heavy atom. The molecule has 1 rings (SSSR count). The number of aliphatic hydroxyl groups is 5. The summed E-state index contributed by atoms with van der Waals surface area (Å²) in [7, 11) is 0. The molecular weight excluding hydrogens is 779 g/mol. The van der Waals surface area contributed by atoms with Crippen LogP contribution >= 0.6 is 0 Å². The molecule has 0 saturated carbocycles. The van der Waals surface area contributed by atoms with Crippen molar-refractivity contribution in [3.05, 3.63) is 72.9 Å². The molecule has 1 aliphatic rings. The van der Waals surface area contributed by atoms with Crippen molar-refractivity contribution in [2.24, 2.45) is 0 Å². The van der Waals surface area contributed by atoms with E-state index in [0.717, 1.165) is 83.5 Å². The number of ether oxygens (including phenoxy) is 2. The van der Waals surface area contributed by atoms with Gasteiger partial charge in [0.2, 0.25) is 5.91 Å². The number of hydrogen-bond acceptors (Lipinski definition) is 8. The Morgan fingerprint density at radius 2 is 1.00 bits per heavy atom. The molecule has 0 aliphatic carbocycles. The predicted octanol–water partition coefficient (Wildman–Crippen LogP) is 11.3. The molecule has 1 fully saturated rings. The van der Waals surface area contributed by atoms with Crippen molar-refractivity contribution in [1.82, 2.24) is 5.32 Å². The average molecular weight is 872 g/mol. The first-order chi connectivity index (χ1) is 30.3. The minimum atomic E-state index is -1.56. The Bertz CT molecular complexity index is 1200. The Hall–Kier alpha value is -2.37. The van der Waals surface area contributed by atoms with Gasteiger partial charge in [-0.25, -0.2) is 0 Å². The molecule has 0 aromatic heterocycles. The summed E-state index contributed by atoms with van der Waals surface area (Å²) in [6, 6.07) is -0.802. The number of amides is 1. The van der Waals surface area contributed by atoms with Crippen LogP contribution in [0.15, 0.2) is 72.9 Å². The number of rotatable bonds is 41. The molecular formula is C53H93NO8. The number of carbonyl (C=O) groups excluding carboxylic acids is 1. The van der Waals surface area contributed by atoms with E-state index in [-0.39, 0.29) is 12.5 Å². The predicted molar refractivity (Wildman–Crippen MR) is 258 cm³/mol. The Labute approximate surface area is 378 Å². The molecule has 9 nitrogen and oxygen atoms in total. The quantitative estimate of drug-likeness (QED) is 0.0263. The maximum atomic E-state index is 12.9. The van der Waals surface area contributed by atoms with Crippen LogP contribution in [0.4, 0.5) is 0 Å². The summed E-state index contributed by atoms with van der Waals surface area (Å²) in [5.41, 5.74) is 0. The van der Waals surface area contributed by atoms with Gasteiger partial charge in [-0.2, -0.15) is 0 Å². The molecule has 9 heteroatoms. The van der Waals surface area contributed by atoms with Crippen molar-refractivity contribution in [3.8, 4) is 0 Å². The van der Waals surface area contributed by atoms with Crippen LogP contribution in [0.25, 0.3) is 0 Å². The molecule has 62 heavy (non-hydrogen) atoms. The number of nitrogens with one attached hydrogen (secondary N) is 1. The van der Waals surface area contributed by atoms with Gasteiger partial charge in [-0.1, -0.05) is 202 Å². The summed E-state index contributed by atoms with van der Waals surface area (Å²) >= 11 is 0. The van der Waals surface area contributed by atoms with Crippen LogP contribution in [0, 0.1) is 0 Å². The summed E-state index contributed by atoms with van der Waals surface area (Å²) < 4.78 is 11.1. The molecule has 1 amide bonds. The fraction of sp³-hybridized carbons (Fsp3) is 0.755. The van der Waals surface area contributed by atoms with E-state index in [1.807, 2.05) is 6.08 Å². The number of unbranched alkanes of at least 4 members (excludes halogenated alkanes) is 21. The van der Waals surface area contributed by atoms with Crippen LogP contribution in [0.2, 0.25) is 0 Å². The minimum absolute atomic E-state index is 0.184. The lowest BCUT2D eigenvalue weighted by molar-refractivity contribution is -0.302. The van der Waals surface area contributed by atoms with Crippen molar-refractivity contribution in [1.29, 1.82) is 0 Å². The fourth-order valence-electron chi connectivity index (χ4n) is 7.53. The van der Waals surface area contributed by atoms with E-state index in [4.69, 9.17) is 9.47 Å². The van der Waals surface area contributed by atoms with E-state index in [1.165, 1.54) is 96.3 Å². The number of carbonyl (C=O) groups is 1. The summed E-state index contributed by atoms with van der Waals surface area (Å²) in [6.45, 7) is 3.57. The lowest BCUT2D eigenvalue weighted by Gasteiger charge is -2.40. The lowest BCUT2D eigenvalue weighted by Crippen LogP contribution is -2.60. The molecule has 358 valence electrons. The first-order valence-electron chi connectivity index (χ1n) is 25.2. The summed E-state index contributed by atoms with van der Waals surface area (Å²) in [4.78, 5) is 12.9. The standard InChI is InChI=1S/C53H93NO8/c1-3-5-7-9-11-12-13-14-15-16-17-18-19-20-21-22-23-24-25-26-27-28-29-30-31-32-33-34-35-36-37-39-41-43-49(57)54-46(47(56)42-40-38-10-8-6-4-2)45-61-53-52(60)51(59)50(58)48(44-55)62-53/h5,7,11-12,14-15,17-18,20-21,40,42,46-48,50-53,55-56,58-60H,3-4,6,8-10,13,16,19,22-39,41,43-45H2,1-2H3,(H,54,57)/b7-5-,12-11-,15-14-,18-17-,21-20-,42-40+. The van der Waals surface area contributed by atoms with E-state index < -0.39 is 49.5 Å². The van der Waals surface area contributed by atoms with Crippen molar-refractivity contribution in [3.63, 3.8) is 0 Å². The van der Waals surface area contributed by atoms with E-state index in [1.54, 1.807) is 6.08 Å². The molecule has 1 heterocycles.